The number of nitrogen functional groups attached to an aromatic ring is 2. The fourth-order valence-electron chi connectivity index (χ4n) is 3.41. The van der Waals surface area contributed by atoms with E-state index in [1.807, 2.05) is 29.8 Å². The minimum absolute atomic E-state index is 0.0661. The van der Waals surface area contributed by atoms with Crippen molar-refractivity contribution in [1.82, 2.24) is 19.9 Å². The lowest BCUT2D eigenvalue weighted by Gasteiger charge is -2.16. The van der Waals surface area contributed by atoms with Gasteiger partial charge in [0.25, 0.3) is 5.91 Å². The summed E-state index contributed by atoms with van der Waals surface area (Å²) in [5, 5.41) is 20.4. The number of nitrogens with one attached hydrogen (secondary N) is 1. The van der Waals surface area contributed by atoms with E-state index >= 15 is 0 Å². The zero-order chi connectivity index (χ0) is 23.4. The van der Waals surface area contributed by atoms with Crippen molar-refractivity contribution in [2.75, 3.05) is 11.5 Å². The molecule has 3 rings (SSSR count). The maximum Gasteiger partial charge on any atom is 0.326 e. The number of aromatic nitrogens is 3. The molecule has 170 valence electrons. The van der Waals surface area contributed by atoms with Crippen LogP contribution in [-0.4, -0.2) is 48.6 Å². The maximum absolute atomic E-state index is 12.5. The molecule has 1 amide bonds. The van der Waals surface area contributed by atoms with Crippen LogP contribution >= 0.6 is 11.3 Å². The summed E-state index contributed by atoms with van der Waals surface area (Å²) < 4.78 is 1.95. The number of hydrogen-bond donors (Lipinski definition) is 5. The molecular formula is C20H24N6O5S. The Kier molecular flexibility index (Phi) is 6.93. The molecule has 3 heterocycles. The number of anilines is 2. The van der Waals surface area contributed by atoms with Gasteiger partial charge in [0, 0.05) is 30.0 Å². The third-order valence-corrected chi connectivity index (χ3v) is 6.31. The summed E-state index contributed by atoms with van der Waals surface area (Å²) >= 11 is 1.27. The topological polar surface area (TPSA) is 186 Å². The third-order valence-electron chi connectivity index (χ3n) is 5.07. The number of nitrogens with two attached hydrogens (primary N) is 2. The summed E-state index contributed by atoms with van der Waals surface area (Å²) in [5.74, 6) is -2.48. The van der Waals surface area contributed by atoms with Gasteiger partial charge >= 0.3 is 11.9 Å². The minimum Gasteiger partial charge on any atom is -0.481 e. The number of nitrogens with zero attached hydrogens (tertiary/aromatic N) is 3. The van der Waals surface area contributed by atoms with Crippen LogP contribution < -0.4 is 16.8 Å². The van der Waals surface area contributed by atoms with Crippen molar-refractivity contribution in [3.05, 3.63) is 34.2 Å². The number of carboxylic acid groups (broad SMARTS) is 2. The standard InChI is InChI=1S/C20H24N6O5S/c1-2-10(9-26-8-7-11-16(26)17(21)25-20(22)24-11)13-4-5-14(32-13)18(29)23-12(19(30)31)3-6-15(27)28/h4-5,7-8,10,12H,2-3,6,9H2,1H3,(H,23,29)(H,27,28)(H,30,31)(H4,21,22,24,25)/t10?,12-/m0/s1. The molecule has 11 nitrogen and oxygen atoms in total. The fourth-order valence-corrected chi connectivity index (χ4v) is 4.50. The molecule has 0 radical (unpaired) electrons. The van der Waals surface area contributed by atoms with E-state index in [0.29, 0.717) is 28.3 Å². The predicted octanol–water partition coefficient (Wildman–Crippen LogP) is 1.90. The molecule has 3 aromatic rings. The highest BCUT2D eigenvalue weighted by Crippen LogP contribution is 2.31. The number of aliphatic carboxylic acids is 2. The van der Waals surface area contributed by atoms with Crippen LogP contribution in [0.3, 0.4) is 0 Å². The van der Waals surface area contributed by atoms with Crippen LogP contribution in [0.25, 0.3) is 11.0 Å². The van der Waals surface area contributed by atoms with E-state index in [9.17, 15) is 19.5 Å². The Bertz CT molecular complexity index is 1160. The smallest absolute Gasteiger partial charge is 0.326 e. The molecule has 0 fully saturated rings. The van der Waals surface area contributed by atoms with Gasteiger partial charge in [-0.3, -0.25) is 9.59 Å². The molecule has 3 aromatic heterocycles. The quantitative estimate of drug-likeness (QED) is 0.301. The van der Waals surface area contributed by atoms with Gasteiger partial charge in [-0.1, -0.05) is 6.92 Å². The zero-order valence-electron chi connectivity index (χ0n) is 17.3. The SMILES string of the molecule is CCC(Cn1ccc2nc(N)nc(N)c21)c1ccc(C(=O)N[C@@H](CCC(=O)O)C(=O)O)s1. The van der Waals surface area contributed by atoms with Crippen molar-refractivity contribution in [3.8, 4) is 0 Å². The molecule has 2 atom stereocenters. The Morgan fingerprint density at radius 1 is 1.19 bits per heavy atom. The first kappa shape index (κ1) is 23.0. The second-order valence-electron chi connectivity index (χ2n) is 7.27. The molecule has 0 saturated heterocycles. The number of carbonyl (C=O) groups is 3. The highest BCUT2D eigenvalue weighted by atomic mass is 32.1. The maximum atomic E-state index is 12.5. The van der Waals surface area contributed by atoms with Gasteiger partial charge in [0.1, 0.15) is 11.6 Å². The summed E-state index contributed by atoms with van der Waals surface area (Å²) in [6.07, 6.45) is 2.10. The van der Waals surface area contributed by atoms with Crippen molar-refractivity contribution < 1.29 is 24.6 Å². The summed E-state index contributed by atoms with van der Waals surface area (Å²) in [4.78, 5) is 44.1. The largest absolute Gasteiger partial charge is 0.481 e. The molecule has 0 bridgehead atoms. The van der Waals surface area contributed by atoms with E-state index in [1.165, 1.54) is 11.3 Å². The van der Waals surface area contributed by atoms with Crippen molar-refractivity contribution in [3.63, 3.8) is 0 Å². The first-order valence-electron chi connectivity index (χ1n) is 9.92. The second-order valence-corrected chi connectivity index (χ2v) is 8.39. The van der Waals surface area contributed by atoms with Gasteiger partial charge in [-0.05, 0) is 31.0 Å². The molecule has 0 aliphatic rings. The van der Waals surface area contributed by atoms with Crippen LogP contribution in [0.4, 0.5) is 11.8 Å². The number of thiophene rings is 1. The molecule has 0 saturated carbocycles. The van der Waals surface area contributed by atoms with Crippen LogP contribution in [0.5, 0.6) is 0 Å². The lowest BCUT2D eigenvalue weighted by molar-refractivity contribution is -0.140. The van der Waals surface area contributed by atoms with E-state index in [4.69, 9.17) is 16.6 Å². The predicted molar refractivity (Wildman–Crippen MR) is 119 cm³/mol. The van der Waals surface area contributed by atoms with Gasteiger partial charge in [-0.15, -0.1) is 11.3 Å². The van der Waals surface area contributed by atoms with Gasteiger partial charge in [0.2, 0.25) is 5.95 Å². The molecule has 12 heteroatoms. The van der Waals surface area contributed by atoms with E-state index < -0.39 is 23.9 Å². The number of amides is 1. The molecule has 0 spiro atoms. The molecule has 0 aliphatic carbocycles. The number of hydrogen-bond acceptors (Lipinski definition) is 8. The second kappa shape index (κ2) is 9.64. The molecule has 1 unspecified atom stereocenters. The number of carboxylic acids is 2. The summed E-state index contributed by atoms with van der Waals surface area (Å²) in [7, 11) is 0. The fraction of sp³-hybridized carbons (Fsp3) is 0.350. The van der Waals surface area contributed by atoms with Gasteiger partial charge in [-0.2, -0.15) is 4.98 Å². The van der Waals surface area contributed by atoms with Crippen LogP contribution in [0, 0.1) is 0 Å². The zero-order valence-corrected chi connectivity index (χ0v) is 18.1. The van der Waals surface area contributed by atoms with Gasteiger partial charge in [0.05, 0.1) is 10.4 Å². The van der Waals surface area contributed by atoms with Crippen LogP contribution in [0.15, 0.2) is 24.4 Å². The normalized spacial score (nSPS) is 13.0. The van der Waals surface area contributed by atoms with Gasteiger partial charge in [-0.25, -0.2) is 9.78 Å². The van der Waals surface area contributed by atoms with E-state index in [2.05, 4.69) is 15.3 Å². The lowest BCUT2D eigenvalue weighted by Crippen LogP contribution is -2.40. The Morgan fingerprint density at radius 3 is 2.59 bits per heavy atom. The van der Waals surface area contributed by atoms with Crippen molar-refractivity contribution in [2.45, 2.75) is 44.7 Å². The van der Waals surface area contributed by atoms with E-state index in [1.54, 1.807) is 6.07 Å². The average molecular weight is 461 g/mol. The molecule has 0 aromatic carbocycles. The van der Waals surface area contributed by atoms with E-state index in [0.717, 1.165) is 11.3 Å². The number of carbonyl (C=O) groups excluding carboxylic acids is 1. The summed E-state index contributed by atoms with van der Waals surface area (Å²) in [6.45, 7) is 2.61. The Labute approximate surface area is 187 Å². The summed E-state index contributed by atoms with van der Waals surface area (Å²) in [5.41, 5.74) is 13.0. The minimum atomic E-state index is -1.28. The Balaban J connectivity index is 1.75. The monoisotopic (exact) mass is 460 g/mol. The molecular weight excluding hydrogens is 436 g/mol. The number of rotatable bonds is 10. The highest BCUT2D eigenvalue weighted by molar-refractivity contribution is 7.14. The molecule has 0 aliphatic heterocycles. The van der Waals surface area contributed by atoms with Crippen molar-refractivity contribution >= 4 is 52.0 Å². The third kappa shape index (κ3) is 5.14. The Hall–Kier alpha value is -3.67. The van der Waals surface area contributed by atoms with Gasteiger partial charge < -0.3 is 31.6 Å². The van der Waals surface area contributed by atoms with Crippen LogP contribution in [-0.2, 0) is 16.1 Å². The average Bonchev–Trinajstić information content (AvgIpc) is 3.36. The van der Waals surface area contributed by atoms with Crippen molar-refractivity contribution in [2.24, 2.45) is 0 Å². The molecule has 32 heavy (non-hydrogen) atoms. The van der Waals surface area contributed by atoms with Crippen LogP contribution in [0.2, 0.25) is 0 Å². The number of fused-ring (bicyclic) bond motifs is 1. The highest BCUT2D eigenvalue weighted by Gasteiger charge is 2.23. The first-order chi connectivity index (χ1) is 15.2. The summed E-state index contributed by atoms with van der Waals surface area (Å²) in [6, 6.07) is 4.02. The van der Waals surface area contributed by atoms with Gasteiger partial charge in [0.15, 0.2) is 5.82 Å². The molecule has 7 N–H and O–H groups in total. The lowest BCUT2D eigenvalue weighted by atomic mass is 10.0. The van der Waals surface area contributed by atoms with Crippen LogP contribution in [0.1, 0.15) is 46.7 Å². The van der Waals surface area contributed by atoms with E-state index in [-0.39, 0.29) is 24.7 Å². The first-order valence-corrected chi connectivity index (χ1v) is 10.7. The Morgan fingerprint density at radius 2 is 1.94 bits per heavy atom. The van der Waals surface area contributed by atoms with Crippen molar-refractivity contribution in [1.29, 1.82) is 0 Å².